The summed E-state index contributed by atoms with van der Waals surface area (Å²) >= 11 is 0. The maximum Gasteiger partial charge on any atom is 0.0948 e. The first-order valence-corrected chi connectivity index (χ1v) is 8.25. The van der Waals surface area contributed by atoms with Gasteiger partial charge in [-0.1, -0.05) is 37.6 Å². The lowest BCUT2D eigenvalue weighted by atomic mass is 9.79. The number of benzene rings is 1. The summed E-state index contributed by atoms with van der Waals surface area (Å²) in [5.41, 5.74) is 2.53. The van der Waals surface area contributed by atoms with E-state index in [1.807, 2.05) is 0 Å². The number of fused-ring (bicyclic) bond motifs is 2. The average Bonchev–Trinajstić information content (AvgIpc) is 3.04. The molecular weight excluding hydrogens is 246 g/mol. The van der Waals surface area contributed by atoms with Crippen molar-refractivity contribution in [3.63, 3.8) is 0 Å². The van der Waals surface area contributed by atoms with E-state index in [4.69, 9.17) is 0 Å². The fourth-order valence-corrected chi connectivity index (χ4v) is 4.95. The predicted octanol–water partition coefficient (Wildman–Crippen LogP) is 3.33. The maximum atomic E-state index is 10.8. The van der Waals surface area contributed by atoms with Crippen molar-refractivity contribution in [2.45, 2.75) is 50.7 Å². The van der Waals surface area contributed by atoms with E-state index in [0.717, 1.165) is 18.3 Å². The molecule has 108 valence electrons. The highest BCUT2D eigenvalue weighted by Crippen LogP contribution is 2.44. The first-order valence-electron chi connectivity index (χ1n) is 8.25. The van der Waals surface area contributed by atoms with Crippen LogP contribution in [0.3, 0.4) is 0 Å². The summed E-state index contributed by atoms with van der Waals surface area (Å²) in [5, 5.41) is 10.8. The molecule has 3 aliphatic rings. The predicted molar refractivity (Wildman–Crippen MR) is 80.6 cm³/mol. The summed E-state index contributed by atoms with van der Waals surface area (Å²) in [5.74, 6) is 2.39. The van der Waals surface area contributed by atoms with E-state index in [0.29, 0.717) is 12.0 Å². The highest BCUT2D eigenvalue weighted by Gasteiger charge is 2.43. The van der Waals surface area contributed by atoms with E-state index in [2.05, 4.69) is 36.1 Å². The number of hydrogen-bond donors (Lipinski definition) is 1. The molecule has 4 rings (SSSR count). The Labute approximate surface area is 121 Å². The molecule has 5 atom stereocenters. The molecule has 2 fully saturated rings. The van der Waals surface area contributed by atoms with Gasteiger partial charge in [0.05, 0.1) is 6.10 Å². The van der Waals surface area contributed by atoms with Crippen LogP contribution in [0.2, 0.25) is 0 Å². The van der Waals surface area contributed by atoms with Crippen LogP contribution in [0.5, 0.6) is 0 Å². The highest BCUT2D eigenvalue weighted by atomic mass is 16.3. The third-order valence-corrected chi connectivity index (χ3v) is 6.03. The lowest BCUT2D eigenvalue weighted by molar-refractivity contribution is 0.0395. The average molecular weight is 271 g/mol. The largest absolute Gasteiger partial charge is 0.387 e. The Balaban J connectivity index is 1.58. The molecule has 1 aromatic carbocycles. The van der Waals surface area contributed by atoms with E-state index < -0.39 is 0 Å². The Morgan fingerprint density at radius 2 is 1.70 bits per heavy atom. The van der Waals surface area contributed by atoms with Crippen LogP contribution in [-0.4, -0.2) is 29.1 Å². The van der Waals surface area contributed by atoms with Gasteiger partial charge in [0.15, 0.2) is 0 Å². The number of likely N-dealkylation sites (tertiary alicyclic amines) is 1. The number of nitrogens with zero attached hydrogens (tertiary/aromatic N) is 1. The normalized spacial score (nSPS) is 40.6. The molecule has 0 aromatic heterocycles. The number of aliphatic hydroxyl groups is 1. The standard InChI is InChI=1S/C18H25NO/c1-12-9-17(18(20)16-8-3-2-7-15(12)16)19-10-13-5-4-6-14(13)11-19/h2-3,7-8,12-14,17-18,20H,4-6,9-11H2,1H3. The van der Waals surface area contributed by atoms with Gasteiger partial charge in [0.1, 0.15) is 0 Å². The molecule has 1 N–H and O–H groups in total. The minimum atomic E-state index is -0.291. The van der Waals surface area contributed by atoms with Gasteiger partial charge in [-0.2, -0.15) is 0 Å². The van der Waals surface area contributed by atoms with Crippen molar-refractivity contribution in [2.24, 2.45) is 11.8 Å². The van der Waals surface area contributed by atoms with Crippen molar-refractivity contribution < 1.29 is 5.11 Å². The van der Waals surface area contributed by atoms with Gasteiger partial charge in [-0.05, 0) is 48.1 Å². The van der Waals surface area contributed by atoms with E-state index in [1.165, 1.54) is 43.5 Å². The van der Waals surface area contributed by atoms with Crippen molar-refractivity contribution in [2.75, 3.05) is 13.1 Å². The zero-order chi connectivity index (χ0) is 13.7. The summed E-state index contributed by atoms with van der Waals surface area (Å²) in [7, 11) is 0. The molecule has 2 nitrogen and oxygen atoms in total. The van der Waals surface area contributed by atoms with Gasteiger partial charge < -0.3 is 5.11 Å². The van der Waals surface area contributed by atoms with Crippen LogP contribution in [-0.2, 0) is 0 Å². The Morgan fingerprint density at radius 3 is 2.40 bits per heavy atom. The Morgan fingerprint density at radius 1 is 1.05 bits per heavy atom. The van der Waals surface area contributed by atoms with Gasteiger partial charge in [0.2, 0.25) is 0 Å². The number of hydrogen-bond acceptors (Lipinski definition) is 2. The second-order valence-electron chi connectivity index (χ2n) is 7.18. The zero-order valence-electron chi connectivity index (χ0n) is 12.3. The van der Waals surface area contributed by atoms with Gasteiger partial charge in [-0.3, -0.25) is 4.90 Å². The summed E-state index contributed by atoms with van der Waals surface area (Å²) in [6.07, 6.45) is 5.07. The molecular formula is C18H25NO. The molecule has 5 unspecified atom stereocenters. The molecule has 2 aliphatic carbocycles. The molecule has 0 radical (unpaired) electrons. The lowest BCUT2D eigenvalue weighted by Gasteiger charge is -2.39. The minimum Gasteiger partial charge on any atom is -0.387 e. The van der Waals surface area contributed by atoms with Gasteiger partial charge in [0.25, 0.3) is 0 Å². The minimum absolute atomic E-state index is 0.291. The molecule has 20 heavy (non-hydrogen) atoms. The monoisotopic (exact) mass is 271 g/mol. The van der Waals surface area contributed by atoms with Crippen molar-refractivity contribution >= 4 is 0 Å². The first kappa shape index (κ1) is 12.8. The van der Waals surface area contributed by atoms with Gasteiger partial charge >= 0.3 is 0 Å². The van der Waals surface area contributed by atoms with Crippen molar-refractivity contribution in [3.8, 4) is 0 Å². The summed E-state index contributed by atoms with van der Waals surface area (Å²) in [4.78, 5) is 2.60. The second-order valence-corrected chi connectivity index (χ2v) is 7.18. The quantitative estimate of drug-likeness (QED) is 0.847. The van der Waals surface area contributed by atoms with Crippen molar-refractivity contribution in [1.29, 1.82) is 0 Å². The van der Waals surface area contributed by atoms with Gasteiger partial charge in [-0.15, -0.1) is 0 Å². The van der Waals surface area contributed by atoms with Gasteiger partial charge in [-0.25, -0.2) is 0 Å². The Kier molecular flexibility index (Phi) is 3.12. The Bertz CT molecular complexity index is 488. The summed E-state index contributed by atoms with van der Waals surface area (Å²) in [6, 6.07) is 8.82. The van der Waals surface area contributed by atoms with E-state index in [9.17, 15) is 5.11 Å². The van der Waals surface area contributed by atoms with Crippen molar-refractivity contribution in [1.82, 2.24) is 4.90 Å². The van der Waals surface area contributed by atoms with Crippen LogP contribution >= 0.6 is 0 Å². The molecule has 0 spiro atoms. The zero-order valence-corrected chi connectivity index (χ0v) is 12.3. The SMILES string of the molecule is CC1CC(N2CC3CCCC3C2)C(O)c2ccccc21. The van der Waals surface area contributed by atoms with Crippen LogP contribution in [0.1, 0.15) is 55.8 Å². The van der Waals surface area contributed by atoms with Crippen molar-refractivity contribution in [3.05, 3.63) is 35.4 Å². The molecule has 0 bridgehead atoms. The van der Waals surface area contributed by atoms with E-state index in [1.54, 1.807) is 0 Å². The van der Waals surface area contributed by atoms with Gasteiger partial charge in [0, 0.05) is 19.1 Å². The van der Waals surface area contributed by atoms with E-state index in [-0.39, 0.29) is 6.10 Å². The summed E-state index contributed by atoms with van der Waals surface area (Å²) < 4.78 is 0. The lowest BCUT2D eigenvalue weighted by Crippen LogP contribution is -2.42. The van der Waals surface area contributed by atoms with Crippen LogP contribution in [0.15, 0.2) is 24.3 Å². The topological polar surface area (TPSA) is 23.5 Å². The molecule has 1 saturated carbocycles. The molecule has 1 aliphatic heterocycles. The number of aliphatic hydroxyl groups excluding tert-OH is 1. The first-order chi connectivity index (χ1) is 9.74. The van der Waals surface area contributed by atoms with Crippen LogP contribution in [0.25, 0.3) is 0 Å². The maximum absolute atomic E-state index is 10.8. The molecule has 1 saturated heterocycles. The second kappa shape index (κ2) is 4.85. The molecule has 0 amide bonds. The molecule has 2 heteroatoms. The van der Waals surface area contributed by atoms with E-state index >= 15 is 0 Å². The third-order valence-electron chi connectivity index (χ3n) is 6.03. The highest BCUT2D eigenvalue weighted by molar-refractivity contribution is 5.35. The number of rotatable bonds is 1. The van der Waals surface area contributed by atoms with Crippen LogP contribution < -0.4 is 0 Å². The van der Waals surface area contributed by atoms with Crippen LogP contribution in [0, 0.1) is 11.8 Å². The van der Waals surface area contributed by atoms with Crippen LogP contribution in [0.4, 0.5) is 0 Å². The fourth-order valence-electron chi connectivity index (χ4n) is 4.95. The molecule has 1 heterocycles. The summed E-state index contributed by atoms with van der Waals surface area (Å²) in [6.45, 7) is 4.76. The third kappa shape index (κ3) is 1.93. The smallest absolute Gasteiger partial charge is 0.0948 e. The Hall–Kier alpha value is -0.860. The molecule has 1 aromatic rings. The fraction of sp³-hybridized carbons (Fsp3) is 0.667.